The minimum Gasteiger partial charge on any atom is -0.458 e. The van der Waals surface area contributed by atoms with Crippen LogP contribution in [0.2, 0.25) is 0 Å². The van der Waals surface area contributed by atoms with Crippen molar-refractivity contribution in [2.24, 2.45) is 0 Å². The first-order valence-corrected chi connectivity index (χ1v) is 8.75. The van der Waals surface area contributed by atoms with Crippen molar-refractivity contribution in [3.63, 3.8) is 0 Å². The maximum atomic E-state index is 13.1. The van der Waals surface area contributed by atoms with Crippen molar-refractivity contribution in [2.75, 3.05) is 0 Å². The van der Waals surface area contributed by atoms with E-state index in [0.717, 1.165) is 16.5 Å². The summed E-state index contributed by atoms with van der Waals surface area (Å²) < 4.78 is 6.76. The van der Waals surface area contributed by atoms with Crippen molar-refractivity contribution < 1.29 is 19.7 Å². The first-order chi connectivity index (χ1) is 13.1. The smallest absolute Gasteiger partial charge is 0.346 e. The summed E-state index contributed by atoms with van der Waals surface area (Å²) in [5, 5.41) is 10.5. The monoisotopic (exact) mass is 364 g/mol. The third-order valence-electron chi connectivity index (χ3n) is 5.54. The normalized spacial score (nSPS) is 20.1. The van der Waals surface area contributed by atoms with Gasteiger partial charge in [-0.3, -0.25) is 10.1 Å². The van der Waals surface area contributed by atoms with Crippen LogP contribution in [0.25, 0.3) is 22.3 Å². The molecule has 7 nitrogen and oxygen atoms in total. The molecule has 136 valence electrons. The molecule has 27 heavy (non-hydrogen) atoms. The summed E-state index contributed by atoms with van der Waals surface area (Å²) in [6, 6.07) is 11.5. The molecule has 0 unspecified atom stereocenters. The molecule has 2 aliphatic heterocycles. The van der Waals surface area contributed by atoms with Crippen molar-refractivity contribution in [3.8, 4) is 11.4 Å². The summed E-state index contributed by atoms with van der Waals surface area (Å²) in [5.41, 5.74) is 1.81. The highest BCUT2D eigenvalue weighted by Crippen LogP contribution is 2.40. The van der Waals surface area contributed by atoms with Crippen LogP contribution in [0.15, 0.2) is 41.2 Å². The van der Waals surface area contributed by atoms with Gasteiger partial charge in [-0.15, -0.1) is 0 Å². The second kappa shape index (κ2) is 5.48. The quantitative estimate of drug-likeness (QED) is 0.334. The number of benzene rings is 1. The van der Waals surface area contributed by atoms with Crippen molar-refractivity contribution in [1.29, 1.82) is 0 Å². The molecule has 5 rings (SSSR count). The number of cyclic esters (lactones) is 1. The molecule has 1 aromatic carbocycles. The highest BCUT2D eigenvalue weighted by molar-refractivity contribution is 5.86. The number of para-hydroxylation sites is 1. The molecule has 2 aliphatic rings. The number of ether oxygens (including phenoxy) is 1. The number of carbonyl (C=O) groups excluding carboxylic acids is 1. The Morgan fingerprint density at radius 1 is 1.30 bits per heavy atom. The van der Waals surface area contributed by atoms with Gasteiger partial charge in [-0.05, 0) is 24.6 Å². The second-order valence-electron chi connectivity index (χ2n) is 6.85. The van der Waals surface area contributed by atoms with E-state index >= 15 is 0 Å². The van der Waals surface area contributed by atoms with E-state index in [-0.39, 0.29) is 18.6 Å². The Morgan fingerprint density at radius 3 is 2.89 bits per heavy atom. The van der Waals surface area contributed by atoms with Crippen molar-refractivity contribution in [3.05, 3.63) is 63.4 Å². The summed E-state index contributed by atoms with van der Waals surface area (Å²) in [4.78, 5) is 34.8. The minimum absolute atomic E-state index is 0.135. The van der Waals surface area contributed by atoms with Gasteiger partial charge in [0.05, 0.1) is 29.0 Å². The highest BCUT2D eigenvalue weighted by atomic mass is 17.1. The number of aromatic nitrogens is 2. The molecule has 0 bridgehead atoms. The summed E-state index contributed by atoms with van der Waals surface area (Å²) in [5.74, 6) is -0.700. The molecule has 1 N–H and O–H groups in total. The number of rotatable bonds is 2. The van der Waals surface area contributed by atoms with Crippen LogP contribution in [-0.4, -0.2) is 20.8 Å². The number of carbonyl (C=O) groups is 1. The van der Waals surface area contributed by atoms with Gasteiger partial charge in [-0.1, -0.05) is 25.1 Å². The Bertz CT molecular complexity index is 1180. The molecular weight excluding hydrogens is 348 g/mol. The summed E-state index contributed by atoms with van der Waals surface area (Å²) in [6.45, 7) is 1.96. The summed E-state index contributed by atoms with van der Waals surface area (Å²) >= 11 is 0. The summed E-state index contributed by atoms with van der Waals surface area (Å²) in [7, 11) is 0. The first kappa shape index (κ1) is 16.2. The molecule has 0 radical (unpaired) electrons. The van der Waals surface area contributed by atoms with E-state index < -0.39 is 11.6 Å². The van der Waals surface area contributed by atoms with Crippen LogP contribution in [0.4, 0.5) is 0 Å². The van der Waals surface area contributed by atoms with Gasteiger partial charge < -0.3 is 9.30 Å². The van der Waals surface area contributed by atoms with Gasteiger partial charge in [0.25, 0.3) is 5.56 Å². The SMILES string of the molecule is CC[C@@]1(OO)C(=O)OCc2c1cc1n(c2=O)Cc2cc3ccccc3nc2-1. The molecule has 0 amide bonds. The van der Waals surface area contributed by atoms with Gasteiger partial charge in [-0.2, -0.15) is 0 Å². The molecule has 4 heterocycles. The Balaban J connectivity index is 1.81. The van der Waals surface area contributed by atoms with Crippen LogP contribution in [0.3, 0.4) is 0 Å². The van der Waals surface area contributed by atoms with E-state index in [0.29, 0.717) is 29.1 Å². The average Bonchev–Trinajstić information content (AvgIpc) is 3.05. The Hall–Kier alpha value is -3.03. The Morgan fingerprint density at radius 2 is 2.11 bits per heavy atom. The van der Waals surface area contributed by atoms with Gasteiger partial charge in [0.2, 0.25) is 5.60 Å². The van der Waals surface area contributed by atoms with E-state index in [2.05, 4.69) is 4.89 Å². The maximum Gasteiger partial charge on any atom is 0.346 e. The minimum atomic E-state index is -1.69. The van der Waals surface area contributed by atoms with Crippen LogP contribution in [0.5, 0.6) is 0 Å². The van der Waals surface area contributed by atoms with Crippen molar-refractivity contribution in [2.45, 2.75) is 32.1 Å². The van der Waals surface area contributed by atoms with Crippen LogP contribution in [0.1, 0.15) is 30.0 Å². The standard InChI is InChI=1S/C20H16N2O5/c1-2-20(27-25)14-8-16-17-12(7-11-5-3-4-6-15(11)21-17)9-22(16)18(23)13(14)10-26-19(20)24/h3-8,25H,2,9-10H2,1H3/t20-/m0/s1. The predicted molar refractivity (Wildman–Crippen MR) is 96.0 cm³/mol. The highest BCUT2D eigenvalue weighted by Gasteiger charge is 2.49. The van der Waals surface area contributed by atoms with Gasteiger partial charge in [0.1, 0.15) is 6.61 Å². The number of hydrogen-bond donors (Lipinski definition) is 1. The first-order valence-electron chi connectivity index (χ1n) is 8.75. The molecular formula is C20H16N2O5. The molecule has 0 saturated heterocycles. The van der Waals surface area contributed by atoms with E-state index in [1.54, 1.807) is 17.6 Å². The molecule has 2 aromatic heterocycles. The Labute approximate surface area is 153 Å². The fourth-order valence-electron chi connectivity index (χ4n) is 4.06. The van der Waals surface area contributed by atoms with Crippen molar-refractivity contribution in [1.82, 2.24) is 9.55 Å². The zero-order valence-corrected chi connectivity index (χ0v) is 14.6. The largest absolute Gasteiger partial charge is 0.458 e. The molecule has 0 saturated carbocycles. The fourth-order valence-corrected chi connectivity index (χ4v) is 4.06. The van der Waals surface area contributed by atoms with E-state index in [4.69, 9.17) is 9.72 Å². The lowest BCUT2D eigenvalue weighted by molar-refractivity contribution is -0.327. The number of nitrogens with zero attached hydrogens (tertiary/aromatic N) is 2. The zero-order valence-electron chi connectivity index (χ0n) is 14.6. The third-order valence-corrected chi connectivity index (χ3v) is 5.54. The van der Waals surface area contributed by atoms with Gasteiger partial charge >= 0.3 is 5.97 Å². The molecule has 7 heteroatoms. The van der Waals surface area contributed by atoms with Gasteiger partial charge in [-0.25, -0.2) is 14.7 Å². The maximum absolute atomic E-state index is 13.1. The number of fused-ring (bicyclic) bond motifs is 5. The number of hydrogen-bond acceptors (Lipinski definition) is 6. The third kappa shape index (κ3) is 2.01. The lowest BCUT2D eigenvalue weighted by Gasteiger charge is -2.33. The van der Waals surface area contributed by atoms with Crippen LogP contribution < -0.4 is 5.56 Å². The van der Waals surface area contributed by atoms with E-state index in [1.807, 2.05) is 30.3 Å². The van der Waals surface area contributed by atoms with Crippen molar-refractivity contribution >= 4 is 16.9 Å². The zero-order chi connectivity index (χ0) is 18.8. The van der Waals surface area contributed by atoms with Crippen LogP contribution in [-0.2, 0) is 33.2 Å². The van der Waals surface area contributed by atoms with E-state index in [1.165, 1.54) is 0 Å². The number of esters is 1. The fraction of sp³-hybridized carbons (Fsp3) is 0.250. The second-order valence-corrected chi connectivity index (χ2v) is 6.85. The topological polar surface area (TPSA) is 90.7 Å². The molecule has 3 aromatic rings. The van der Waals surface area contributed by atoms with Gasteiger partial charge in [0.15, 0.2) is 0 Å². The van der Waals surface area contributed by atoms with E-state index in [9.17, 15) is 14.8 Å². The predicted octanol–water partition coefficient (Wildman–Crippen LogP) is 2.58. The average molecular weight is 364 g/mol. The number of pyridine rings is 2. The lowest BCUT2D eigenvalue weighted by atomic mass is 9.86. The molecule has 0 fully saturated rings. The van der Waals surface area contributed by atoms with Gasteiger partial charge in [0, 0.05) is 16.5 Å². The summed E-state index contributed by atoms with van der Waals surface area (Å²) in [6.07, 6.45) is 0.135. The Kier molecular flexibility index (Phi) is 3.28. The molecule has 1 atom stereocenters. The van der Waals surface area contributed by atoms with Crippen LogP contribution in [0, 0.1) is 0 Å². The lowest BCUT2D eigenvalue weighted by Crippen LogP contribution is -2.45. The molecule has 0 aliphatic carbocycles. The van der Waals surface area contributed by atoms with Crippen LogP contribution >= 0.6 is 0 Å². The molecule has 0 spiro atoms.